The largest absolute Gasteiger partial charge is 0.338 e. The molecule has 94 valence electrons. The number of hydrogen-bond donors (Lipinski definition) is 1. The van der Waals surface area contributed by atoms with Crippen LogP contribution in [0.25, 0.3) is 0 Å². The quantitative estimate of drug-likeness (QED) is 0.741. The van der Waals surface area contributed by atoms with E-state index >= 15 is 0 Å². The van der Waals surface area contributed by atoms with Gasteiger partial charge in [0.25, 0.3) is 0 Å². The minimum absolute atomic E-state index is 0.203. The van der Waals surface area contributed by atoms with Crippen LogP contribution in [0.4, 0.5) is 0 Å². The van der Waals surface area contributed by atoms with Crippen LogP contribution in [0.2, 0.25) is 0 Å². The molecule has 4 rings (SSSR count). The van der Waals surface area contributed by atoms with Crippen molar-refractivity contribution in [2.24, 2.45) is 35.3 Å². The maximum absolute atomic E-state index is 12.6. The van der Waals surface area contributed by atoms with Crippen LogP contribution in [-0.4, -0.2) is 29.4 Å². The lowest BCUT2D eigenvalue weighted by Gasteiger charge is -2.24. The molecule has 3 saturated carbocycles. The van der Waals surface area contributed by atoms with Crippen molar-refractivity contribution in [1.82, 2.24) is 4.90 Å². The normalized spacial score (nSPS) is 55.2. The van der Waals surface area contributed by atoms with Crippen LogP contribution in [0.5, 0.6) is 0 Å². The number of likely N-dealkylation sites (tertiary alicyclic amines) is 1. The molecule has 0 aromatic heterocycles. The Morgan fingerprint density at radius 3 is 2.35 bits per heavy atom. The van der Waals surface area contributed by atoms with Crippen molar-refractivity contribution >= 4 is 5.91 Å². The Kier molecular flexibility index (Phi) is 1.98. The second-order valence-corrected chi connectivity index (χ2v) is 6.74. The highest BCUT2D eigenvalue weighted by molar-refractivity contribution is 5.83. The van der Waals surface area contributed by atoms with E-state index in [4.69, 9.17) is 5.73 Å². The van der Waals surface area contributed by atoms with E-state index in [2.05, 4.69) is 11.8 Å². The second-order valence-electron chi connectivity index (χ2n) is 6.74. The van der Waals surface area contributed by atoms with Gasteiger partial charge in [-0.05, 0) is 56.3 Å². The summed E-state index contributed by atoms with van der Waals surface area (Å²) in [6, 6.07) is 0.468. The average molecular weight is 234 g/mol. The van der Waals surface area contributed by atoms with Gasteiger partial charge >= 0.3 is 0 Å². The Hall–Kier alpha value is -0.570. The minimum atomic E-state index is 0.203. The summed E-state index contributed by atoms with van der Waals surface area (Å²) in [7, 11) is 0. The molecule has 0 aromatic carbocycles. The molecule has 6 unspecified atom stereocenters. The van der Waals surface area contributed by atoms with Crippen LogP contribution in [0, 0.1) is 29.6 Å². The molecule has 3 nitrogen and oxygen atoms in total. The Morgan fingerprint density at radius 2 is 1.82 bits per heavy atom. The highest BCUT2D eigenvalue weighted by Crippen LogP contribution is 2.69. The van der Waals surface area contributed by atoms with E-state index in [1.807, 2.05) is 0 Å². The van der Waals surface area contributed by atoms with Crippen molar-refractivity contribution < 1.29 is 4.79 Å². The number of nitrogens with two attached hydrogens (primary N) is 1. The molecule has 17 heavy (non-hydrogen) atoms. The van der Waals surface area contributed by atoms with Crippen molar-refractivity contribution in [1.29, 1.82) is 0 Å². The van der Waals surface area contributed by atoms with Crippen LogP contribution in [0.3, 0.4) is 0 Å². The summed E-state index contributed by atoms with van der Waals surface area (Å²) in [5, 5.41) is 0. The number of amides is 1. The summed E-state index contributed by atoms with van der Waals surface area (Å²) in [6.07, 6.45) is 5.20. The van der Waals surface area contributed by atoms with Crippen LogP contribution >= 0.6 is 0 Å². The lowest BCUT2D eigenvalue weighted by molar-refractivity contribution is -0.134. The van der Waals surface area contributed by atoms with Gasteiger partial charge in [-0.15, -0.1) is 0 Å². The molecule has 1 amide bonds. The summed E-state index contributed by atoms with van der Waals surface area (Å²) in [5.41, 5.74) is 6.02. The maximum Gasteiger partial charge on any atom is 0.226 e. The zero-order chi connectivity index (χ0) is 11.7. The van der Waals surface area contributed by atoms with Crippen molar-refractivity contribution in [2.75, 3.05) is 6.54 Å². The molecular weight excluding hydrogens is 212 g/mol. The Bertz CT molecular complexity index is 353. The van der Waals surface area contributed by atoms with E-state index in [0.29, 0.717) is 11.8 Å². The molecular formula is C14H22N2O. The smallest absolute Gasteiger partial charge is 0.226 e. The van der Waals surface area contributed by atoms with Gasteiger partial charge in [-0.3, -0.25) is 4.79 Å². The van der Waals surface area contributed by atoms with Gasteiger partial charge in [0.2, 0.25) is 5.91 Å². The standard InChI is InChI=1S/C14H22N2O/c1-7-10(15)4-5-16(7)14(17)13-11-8-2-3-9(6-8)12(11)13/h7-13H,2-6,15H2,1H3. The maximum atomic E-state index is 12.6. The predicted molar refractivity (Wildman–Crippen MR) is 65.1 cm³/mol. The van der Waals surface area contributed by atoms with Crippen molar-refractivity contribution in [3.05, 3.63) is 0 Å². The zero-order valence-electron chi connectivity index (χ0n) is 10.5. The first-order valence-electron chi connectivity index (χ1n) is 7.24. The summed E-state index contributed by atoms with van der Waals surface area (Å²) in [4.78, 5) is 14.6. The van der Waals surface area contributed by atoms with E-state index in [-0.39, 0.29) is 12.1 Å². The highest BCUT2D eigenvalue weighted by atomic mass is 16.2. The second kappa shape index (κ2) is 3.25. The minimum Gasteiger partial charge on any atom is -0.338 e. The molecule has 0 radical (unpaired) electrons. The van der Waals surface area contributed by atoms with E-state index in [0.717, 1.165) is 36.6 Å². The lowest BCUT2D eigenvalue weighted by atomic mass is 10.0. The topological polar surface area (TPSA) is 46.3 Å². The van der Waals surface area contributed by atoms with Crippen molar-refractivity contribution in [3.63, 3.8) is 0 Å². The van der Waals surface area contributed by atoms with Gasteiger partial charge in [-0.25, -0.2) is 0 Å². The van der Waals surface area contributed by atoms with E-state index in [1.54, 1.807) is 0 Å². The van der Waals surface area contributed by atoms with Crippen molar-refractivity contribution in [2.45, 2.75) is 44.7 Å². The molecule has 2 N–H and O–H groups in total. The highest BCUT2D eigenvalue weighted by Gasteiger charge is 2.68. The third-order valence-electron chi connectivity index (χ3n) is 6.12. The first kappa shape index (κ1) is 10.4. The number of nitrogens with zero attached hydrogens (tertiary/aromatic N) is 1. The molecule has 2 bridgehead atoms. The van der Waals surface area contributed by atoms with Crippen LogP contribution < -0.4 is 5.73 Å². The zero-order valence-corrected chi connectivity index (χ0v) is 10.5. The van der Waals surface area contributed by atoms with Gasteiger partial charge in [0.15, 0.2) is 0 Å². The molecule has 3 aliphatic carbocycles. The van der Waals surface area contributed by atoms with Gasteiger partial charge in [0.05, 0.1) is 0 Å². The predicted octanol–water partition coefficient (Wildman–Crippen LogP) is 1.23. The summed E-state index contributed by atoms with van der Waals surface area (Å²) >= 11 is 0. The van der Waals surface area contributed by atoms with Gasteiger partial charge in [-0.2, -0.15) is 0 Å². The fraction of sp³-hybridized carbons (Fsp3) is 0.929. The molecule has 1 heterocycles. The van der Waals surface area contributed by atoms with E-state index in [9.17, 15) is 4.79 Å². The number of carbonyl (C=O) groups is 1. The van der Waals surface area contributed by atoms with Gasteiger partial charge in [-0.1, -0.05) is 0 Å². The Balaban J connectivity index is 1.49. The third-order valence-corrected chi connectivity index (χ3v) is 6.12. The SMILES string of the molecule is CC1C(N)CCN1C(=O)C1C2C3CCC(C3)C12. The molecule has 6 atom stereocenters. The number of hydrogen-bond acceptors (Lipinski definition) is 2. The number of carbonyl (C=O) groups excluding carboxylic acids is 1. The molecule has 4 aliphatic rings. The van der Waals surface area contributed by atoms with Crippen LogP contribution in [0.1, 0.15) is 32.6 Å². The molecule has 1 saturated heterocycles. The molecule has 0 spiro atoms. The van der Waals surface area contributed by atoms with Crippen LogP contribution in [-0.2, 0) is 4.79 Å². The third kappa shape index (κ3) is 1.24. The Labute approximate surface area is 103 Å². The van der Waals surface area contributed by atoms with E-state index < -0.39 is 0 Å². The van der Waals surface area contributed by atoms with Gasteiger partial charge in [0.1, 0.15) is 0 Å². The first-order valence-corrected chi connectivity index (χ1v) is 7.24. The van der Waals surface area contributed by atoms with Gasteiger partial charge < -0.3 is 10.6 Å². The number of rotatable bonds is 1. The summed E-state index contributed by atoms with van der Waals surface area (Å²) < 4.78 is 0. The van der Waals surface area contributed by atoms with E-state index in [1.165, 1.54) is 19.3 Å². The molecule has 3 heteroatoms. The van der Waals surface area contributed by atoms with Gasteiger partial charge in [0, 0.05) is 24.5 Å². The molecule has 1 aliphatic heterocycles. The fourth-order valence-corrected chi connectivity index (χ4v) is 5.12. The Morgan fingerprint density at radius 1 is 1.18 bits per heavy atom. The van der Waals surface area contributed by atoms with Crippen molar-refractivity contribution in [3.8, 4) is 0 Å². The monoisotopic (exact) mass is 234 g/mol. The first-order chi connectivity index (χ1) is 8.18. The summed E-state index contributed by atoms with van der Waals surface area (Å²) in [6.45, 7) is 3.01. The lowest BCUT2D eigenvalue weighted by Crippen LogP contribution is -2.41. The molecule has 4 fully saturated rings. The fourth-order valence-electron chi connectivity index (χ4n) is 5.12. The summed E-state index contributed by atoms with van der Waals surface area (Å²) in [5.74, 6) is 4.16. The average Bonchev–Trinajstić information content (AvgIpc) is 2.61. The molecule has 0 aromatic rings. The van der Waals surface area contributed by atoms with Crippen LogP contribution in [0.15, 0.2) is 0 Å². The number of fused-ring (bicyclic) bond motifs is 5.